The maximum absolute atomic E-state index is 12.5. The summed E-state index contributed by atoms with van der Waals surface area (Å²) < 4.78 is 2.94. The number of halogens is 1. The first-order valence-corrected chi connectivity index (χ1v) is 9.42. The Morgan fingerprint density at radius 3 is 2.52 bits per heavy atom. The van der Waals surface area contributed by atoms with Crippen LogP contribution in [0.15, 0.2) is 64.2 Å². The maximum atomic E-state index is 12.5. The molecule has 0 fully saturated rings. The van der Waals surface area contributed by atoms with Crippen LogP contribution in [0.2, 0.25) is 0 Å². The van der Waals surface area contributed by atoms with Crippen LogP contribution in [0.3, 0.4) is 0 Å². The van der Waals surface area contributed by atoms with Gasteiger partial charge in [0.15, 0.2) is 0 Å². The molecule has 6 heteroatoms. The Bertz CT molecular complexity index is 990. The highest BCUT2D eigenvalue weighted by Gasteiger charge is 2.08. The highest BCUT2D eigenvalue weighted by molar-refractivity contribution is 9.10. The molecule has 1 amide bonds. The lowest BCUT2D eigenvalue weighted by molar-refractivity contribution is 0.0954. The lowest BCUT2D eigenvalue weighted by Crippen LogP contribution is -2.19. The molecule has 0 radical (unpaired) electrons. The summed E-state index contributed by atoms with van der Waals surface area (Å²) in [5.74, 6) is -0.235. The van der Waals surface area contributed by atoms with Crippen molar-refractivity contribution < 1.29 is 4.79 Å². The number of nitrogens with zero attached hydrogens (tertiary/aromatic N) is 3. The summed E-state index contributed by atoms with van der Waals surface area (Å²) in [5, 5.41) is 8.69. The predicted octanol–water partition coefficient (Wildman–Crippen LogP) is 4.46. The van der Waals surface area contributed by atoms with Crippen LogP contribution in [0.25, 0.3) is 0 Å². The number of benzene rings is 2. The molecule has 0 spiro atoms. The molecule has 0 atom stereocenters. The highest BCUT2D eigenvalue weighted by atomic mass is 79.9. The van der Waals surface area contributed by atoms with Crippen LogP contribution in [-0.2, 0) is 6.54 Å². The van der Waals surface area contributed by atoms with E-state index in [4.69, 9.17) is 0 Å². The van der Waals surface area contributed by atoms with Gasteiger partial charge in [-0.3, -0.25) is 9.48 Å². The minimum absolute atomic E-state index is 0.235. The molecule has 1 aromatic heterocycles. The van der Waals surface area contributed by atoms with E-state index in [0.717, 1.165) is 32.7 Å². The number of aromatic nitrogens is 2. The average molecular weight is 425 g/mol. The van der Waals surface area contributed by atoms with Gasteiger partial charge in [0.1, 0.15) is 0 Å². The Morgan fingerprint density at radius 2 is 1.85 bits per heavy atom. The van der Waals surface area contributed by atoms with E-state index in [1.54, 1.807) is 6.07 Å². The monoisotopic (exact) mass is 424 g/mol. The number of hydrogen-bond acceptors (Lipinski definition) is 3. The predicted molar refractivity (Wildman–Crippen MR) is 111 cm³/mol. The summed E-state index contributed by atoms with van der Waals surface area (Å²) >= 11 is 3.41. The van der Waals surface area contributed by atoms with Crippen molar-refractivity contribution in [1.82, 2.24) is 15.2 Å². The van der Waals surface area contributed by atoms with Crippen molar-refractivity contribution in [1.29, 1.82) is 0 Å². The first-order chi connectivity index (χ1) is 12.9. The molecule has 1 heterocycles. The largest absolute Gasteiger partial charge is 0.271 e. The van der Waals surface area contributed by atoms with E-state index in [0.29, 0.717) is 12.1 Å². The molecule has 0 aliphatic rings. The molecular formula is C21H21BrN4O. The quantitative estimate of drug-likeness (QED) is 0.485. The molecule has 0 aliphatic carbocycles. The number of carbonyl (C=O) groups excluding carboxylic acids is 1. The van der Waals surface area contributed by atoms with Crippen molar-refractivity contribution in [2.45, 2.75) is 27.3 Å². The summed E-state index contributed by atoms with van der Waals surface area (Å²) in [7, 11) is 0. The molecule has 0 bridgehead atoms. The zero-order valence-electron chi connectivity index (χ0n) is 15.5. The Kier molecular flexibility index (Phi) is 5.86. The third kappa shape index (κ3) is 4.92. The maximum Gasteiger partial charge on any atom is 0.271 e. The van der Waals surface area contributed by atoms with Gasteiger partial charge in [0.25, 0.3) is 5.91 Å². The zero-order valence-corrected chi connectivity index (χ0v) is 17.1. The number of nitrogens with one attached hydrogen (secondary N) is 1. The minimum Gasteiger partial charge on any atom is -0.267 e. The summed E-state index contributed by atoms with van der Waals surface area (Å²) in [6, 6.07) is 17.3. The van der Waals surface area contributed by atoms with Crippen molar-refractivity contribution in [2.24, 2.45) is 5.10 Å². The summed E-state index contributed by atoms with van der Waals surface area (Å²) in [6.45, 7) is 6.49. The highest BCUT2D eigenvalue weighted by Crippen LogP contribution is 2.12. The van der Waals surface area contributed by atoms with Crippen molar-refractivity contribution in [3.8, 4) is 0 Å². The van der Waals surface area contributed by atoms with Gasteiger partial charge >= 0.3 is 0 Å². The van der Waals surface area contributed by atoms with Crippen molar-refractivity contribution in [3.63, 3.8) is 0 Å². The molecule has 27 heavy (non-hydrogen) atoms. The molecule has 0 saturated carbocycles. The molecule has 5 nitrogen and oxygen atoms in total. The van der Waals surface area contributed by atoms with E-state index < -0.39 is 0 Å². The number of hydrazone groups is 1. The van der Waals surface area contributed by atoms with Crippen LogP contribution in [0.5, 0.6) is 0 Å². The first-order valence-electron chi connectivity index (χ1n) is 8.63. The normalized spacial score (nSPS) is 11.5. The third-order valence-electron chi connectivity index (χ3n) is 4.21. The number of carbonyl (C=O) groups is 1. The third-order valence-corrected chi connectivity index (χ3v) is 4.74. The van der Waals surface area contributed by atoms with E-state index in [-0.39, 0.29) is 5.91 Å². The fourth-order valence-corrected chi connectivity index (χ4v) is 3.04. The van der Waals surface area contributed by atoms with E-state index in [2.05, 4.69) is 31.6 Å². The van der Waals surface area contributed by atoms with Gasteiger partial charge < -0.3 is 0 Å². The van der Waals surface area contributed by atoms with Gasteiger partial charge in [-0.05, 0) is 62.2 Å². The van der Waals surface area contributed by atoms with Crippen LogP contribution in [0, 0.1) is 13.8 Å². The van der Waals surface area contributed by atoms with Crippen molar-refractivity contribution in [2.75, 3.05) is 0 Å². The fraction of sp³-hybridized carbons (Fsp3) is 0.190. The minimum atomic E-state index is -0.235. The standard InChI is InChI=1S/C21H21BrN4O/c1-14-11-15(2)26(25-14)13-17-5-4-6-19(12-17)21(27)24-23-16(3)18-7-9-20(22)10-8-18/h4-12H,13H2,1-3H3,(H,24,27)/b23-16-. The Morgan fingerprint density at radius 1 is 1.11 bits per heavy atom. The van der Waals surface area contributed by atoms with Crippen LogP contribution >= 0.6 is 15.9 Å². The first kappa shape index (κ1) is 19.0. The second kappa shape index (κ2) is 8.31. The Balaban J connectivity index is 1.70. The number of rotatable bonds is 5. The van der Waals surface area contributed by atoms with Crippen LogP contribution in [0.1, 0.15) is 39.8 Å². The molecule has 1 N–H and O–H groups in total. The van der Waals surface area contributed by atoms with Gasteiger partial charge in [0.2, 0.25) is 0 Å². The second-order valence-electron chi connectivity index (χ2n) is 6.43. The molecule has 0 unspecified atom stereocenters. The molecule has 138 valence electrons. The summed E-state index contributed by atoms with van der Waals surface area (Å²) in [5.41, 5.74) is 8.00. The van der Waals surface area contributed by atoms with Crippen LogP contribution in [0.4, 0.5) is 0 Å². The zero-order chi connectivity index (χ0) is 19.4. The van der Waals surface area contributed by atoms with Gasteiger partial charge in [-0.25, -0.2) is 5.43 Å². The lowest BCUT2D eigenvalue weighted by Gasteiger charge is -2.07. The average Bonchev–Trinajstić information content (AvgIpc) is 2.97. The van der Waals surface area contributed by atoms with Gasteiger partial charge in [-0.2, -0.15) is 10.2 Å². The van der Waals surface area contributed by atoms with Gasteiger partial charge in [-0.15, -0.1) is 0 Å². The Labute approximate surface area is 167 Å². The summed E-state index contributed by atoms with van der Waals surface area (Å²) in [6.07, 6.45) is 0. The molecular weight excluding hydrogens is 404 g/mol. The topological polar surface area (TPSA) is 59.3 Å². The smallest absolute Gasteiger partial charge is 0.267 e. The van der Waals surface area contributed by atoms with Crippen molar-refractivity contribution in [3.05, 3.63) is 87.1 Å². The molecule has 0 saturated heterocycles. The summed E-state index contributed by atoms with van der Waals surface area (Å²) in [4.78, 5) is 12.5. The second-order valence-corrected chi connectivity index (χ2v) is 7.35. The van der Waals surface area contributed by atoms with E-state index >= 15 is 0 Å². The van der Waals surface area contributed by atoms with Crippen LogP contribution in [-0.4, -0.2) is 21.4 Å². The fourth-order valence-electron chi connectivity index (χ4n) is 2.77. The van der Waals surface area contributed by atoms with E-state index in [9.17, 15) is 4.79 Å². The van der Waals surface area contributed by atoms with Gasteiger partial charge in [0, 0.05) is 15.7 Å². The lowest BCUT2D eigenvalue weighted by atomic mass is 10.1. The molecule has 2 aromatic carbocycles. The van der Waals surface area contributed by atoms with Gasteiger partial charge in [0.05, 0.1) is 18.0 Å². The molecule has 3 rings (SSSR count). The Hall–Kier alpha value is -2.73. The molecule has 3 aromatic rings. The number of hydrogen-bond donors (Lipinski definition) is 1. The van der Waals surface area contributed by atoms with E-state index in [1.807, 2.05) is 74.0 Å². The van der Waals surface area contributed by atoms with E-state index in [1.165, 1.54) is 0 Å². The SMILES string of the molecule is C/C(=N/NC(=O)c1cccc(Cn2nc(C)cc2C)c1)c1ccc(Br)cc1. The van der Waals surface area contributed by atoms with Crippen LogP contribution < -0.4 is 5.43 Å². The van der Waals surface area contributed by atoms with Crippen molar-refractivity contribution >= 4 is 27.5 Å². The van der Waals surface area contributed by atoms with Gasteiger partial charge in [-0.1, -0.05) is 40.2 Å². The number of aryl methyl sites for hydroxylation is 2. The molecule has 0 aliphatic heterocycles. The number of amides is 1.